The van der Waals surface area contributed by atoms with Crippen molar-refractivity contribution in [3.63, 3.8) is 0 Å². The molecule has 4 nitrogen and oxygen atoms in total. The fourth-order valence-corrected chi connectivity index (χ4v) is 1.17. The van der Waals surface area contributed by atoms with Gasteiger partial charge in [-0.25, -0.2) is 0 Å². The van der Waals surface area contributed by atoms with Crippen molar-refractivity contribution in [1.82, 2.24) is 4.90 Å². The summed E-state index contributed by atoms with van der Waals surface area (Å²) >= 11 is 0. The molecular formula is C11H23NO3. The Morgan fingerprint density at radius 3 is 2.40 bits per heavy atom. The fraction of sp³-hybridized carbons (Fsp3) is 0.909. The largest absolute Gasteiger partial charge is 0.459 e. The van der Waals surface area contributed by atoms with Gasteiger partial charge in [-0.05, 0) is 47.2 Å². The van der Waals surface area contributed by atoms with Crippen LogP contribution in [0.15, 0.2) is 0 Å². The zero-order chi connectivity index (χ0) is 11.9. The molecule has 0 aliphatic carbocycles. The molecule has 0 saturated carbocycles. The number of likely N-dealkylation sites (N-methyl/N-ethyl adjacent to an activating group) is 1. The number of aliphatic hydroxyl groups is 1. The summed E-state index contributed by atoms with van der Waals surface area (Å²) in [7, 11) is 1.88. The van der Waals surface area contributed by atoms with Crippen LogP contribution in [-0.2, 0) is 9.53 Å². The molecule has 1 N–H and O–H groups in total. The zero-order valence-electron chi connectivity index (χ0n) is 10.2. The second-order valence-electron chi connectivity index (χ2n) is 4.75. The lowest BCUT2D eigenvalue weighted by Gasteiger charge is -2.22. The van der Waals surface area contributed by atoms with E-state index in [2.05, 4.69) is 0 Å². The predicted molar refractivity (Wildman–Crippen MR) is 59.7 cm³/mol. The van der Waals surface area contributed by atoms with E-state index in [1.165, 1.54) is 0 Å². The maximum atomic E-state index is 11.4. The second-order valence-corrected chi connectivity index (χ2v) is 4.75. The highest BCUT2D eigenvalue weighted by molar-refractivity contribution is 5.72. The minimum Gasteiger partial charge on any atom is -0.459 e. The van der Waals surface area contributed by atoms with Crippen LogP contribution in [-0.4, -0.2) is 48.3 Å². The van der Waals surface area contributed by atoms with E-state index in [1.807, 2.05) is 32.7 Å². The van der Waals surface area contributed by atoms with Crippen LogP contribution in [0.4, 0.5) is 0 Å². The van der Waals surface area contributed by atoms with Crippen LogP contribution < -0.4 is 0 Å². The summed E-state index contributed by atoms with van der Waals surface area (Å²) in [4.78, 5) is 13.3. The maximum Gasteiger partial charge on any atom is 0.320 e. The maximum absolute atomic E-state index is 11.4. The van der Waals surface area contributed by atoms with Gasteiger partial charge in [0.15, 0.2) is 0 Å². The molecule has 0 spiro atoms. The van der Waals surface area contributed by atoms with Crippen LogP contribution in [0.2, 0.25) is 0 Å². The second kappa shape index (κ2) is 6.80. The summed E-state index contributed by atoms with van der Waals surface area (Å²) in [5, 5.41) is 8.60. The van der Waals surface area contributed by atoms with Gasteiger partial charge < -0.3 is 9.84 Å². The van der Waals surface area contributed by atoms with Crippen molar-refractivity contribution >= 4 is 5.97 Å². The normalized spacial score (nSPS) is 11.9. The molecule has 0 aromatic rings. The van der Waals surface area contributed by atoms with E-state index in [4.69, 9.17) is 9.84 Å². The van der Waals surface area contributed by atoms with Gasteiger partial charge in [0, 0.05) is 6.61 Å². The van der Waals surface area contributed by atoms with Crippen molar-refractivity contribution in [2.75, 3.05) is 26.7 Å². The molecule has 0 atom stereocenters. The third kappa shape index (κ3) is 9.69. The summed E-state index contributed by atoms with van der Waals surface area (Å²) in [6, 6.07) is 0. The summed E-state index contributed by atoms with van der Waals surface area (Å²) in [5.41, 5.74) is -0.414. The van der Waals surface area contributed by atoms with E-state index in [1.54, 1.807) is 0 Å². The Morgan fingerprint density at radius 1 is 1.33 bits per heavy atom. The molecule has 0 aliphatic heterocycles. The number of rotatable bonds is 6. The van der Waals surface area contributed by atoms with Gasteiger partial charge in [0.1, 0.15) is 5.60 Å². The lowest BCUT2D eigenvalue weighted by atomic mass is 10.2. The molecule has 0 rings (SSSR count). The molecule has 0 saturated heterocycles. The SMILES string of the molecule is CN(CCCCO)CC(=O)OC(C)(C)C. The molecule has 4 heteroatoms. The number of aliphatic hydroxyl groups excluding tert-OH is 1. The van der Waals surface area contributed by atoms with Crippen molar-refractivity contribution < 1.29 is 14.6 Å². The Labute approximate surface area is 92.2 Å². The molecular weight excluding hydrogens is 194 g/mol. The van der Waals surface area contributed by atoms with E-state index in [-0.39, 0.29) is 12.6 Å². The topological polar surface area (TPSA) is 49.8 Å². The molecule has 0 heterocycles. The molecule has 0 aromatic heterocycles. The third-order valence-corrected chi connectivity index (χ3v) is 1.77. The quantitative estimate of drug-likeness (QED) is 0.533. The van der Waals surface area contributed by atoms with E-state index in [0.717, 1.165) is 19.4 Å². The molecule has 0 aliphatic rings. The Kier molecular flexibility index (Phi) is 6.52. The lowest BCUT2D eigenvalue weighted by molar-refractivity contribution is -0.155. The first kappa shape index (κ1) is 14.4. The molecule has 0 aromatic carbocycles. The van der Waals surface area contributed by atoms with Crippen LogP contribution in [0.5, 0.6) is 0 Å². The summed E-state index contributed by atoms with van der Waals surface area (Å²) < 4.78 is 5.18. The van der Waals surface area contributed by atoms with Crippen LogP contribution in [0.3, 0.4) is 0 Å². The number of ether oxygens (including phenoxy) is 1. The molecule has 0 bridgehead atoms. The smallest absolute Gasteiger partial charge is 0.320 e. The molecule has 15 heavy (non-hydrogen) atoms. The summed E-state index contributed by atoms with van der Waals surface area (Å²) in [6.45, 7) is 6.90. The van der Waals surface area contributed by atoms with Crippen molar-refractivity contribution in [2.24, 2.45) is 0 Å². The lowest BCUT2D eigenvalue weighted by Crippen LogP contribution is -2.33. The van der Waals surface area contributed by atoms with Gasteiger partial charge in [-0.3, -0.25) is 9.69 Å². The van der Waals surface area contributed by atoms with Crippen molar-refractivity contribution in [2.45, 2.75) is 39.2 Å². The van der Waals surface area contributed by atoms with Gasteiger partial charge >= 0.3 is 5.97 Å². The Balaban J connectivity index is 3.67. The van der Waals surface area contributed by atoms with Crippen molar-refractivity contribution in [1.29, 1.82) is 0 Å². The number of carbonyl (C=O) groups excluding carboxylic acids is 1. The Hall–Kier alpha value is -0.610. The predicted octanol–water partition coefficient (Wildman–Crippen LogP) is 1.03. The van der Waals surface area contributed by atoms with Crippen LogP contribution in [0.25, 0.3) is 0 Å². The number of nitrogens with zero attached hydrogens (tertiary/aromatic N) is 1. The highest BCUT2D eigenvalue weighted by Crippen LogP contribution is 2.07. The number of hydrogen-bond acceptors (Lipinski definition) is 4. The monoisotopic (exact) mass is 217 g/mol. The molecule has 0 fully saturated rings. The van der Waals surface area contributed by atoms with Gasteiger partial charge in [-0.1, -0.05) is 0 Å². The third-order valence-electron chi connectivity index (χ3n) is 1.77. The van der Waals surface area contributed by atoms with Crippen LogP contribution >= 0.6 is 0 Å². The molecule has 90 valence electrons. The van der Waals surface area contributed by atoms with E-state index < -0.39 is 5.60 Å². The first-order valence-electron chi connectivity index (χ1n) is 5.36. The Morgan fingerprint density at radius 2 is 1.93 bits per heavy atom. The van der Waals surface area contributed by atoms with E-state index in [9.17, 15) is 4.79 Å². The number of hydrogen-bond donors (Lipinski definition) is 1. The first-order chi connectivity index (χ1) is 6.85. The van der Waals surface area contributed by atoms with E-state index >= 15 is 0 Å². The van der Waals surface area contributed by atoms with Gasteiger partial charge in [-0.2, -0.15) is 0 Å². The minimum atomic E-state index is -0.414. The average Bonchev–Trinajstić information content (AvgIpc) is 2.00. The number of esters is 1. The standard InChI is InChI=1S/C11H23NO3/c1-11(2,3)15-10(14)9-12(4)7-5-6-8-13/h13H,5-9H2,1-4H3. The highest BCUT2D eigenvalue weighted by atomic mass is 16.6. The molecule has 0 amide bonds. The zero-order valence-corrected chi connectivity index (χ0v) is 10.2. The van der Waals surface area contributed by atoms with Gasteiger partial charge in [0.05, 0.1) is 6.54 Å². The first-order valence-corrected chi connectivity index (χ1v) is 5.36. The fourth-order valence-electron chi connectivity index (χ4n) is 1.17. The Bertz CT molecular complexity index is 187. The highest BCUT2D eigenvalue weighted by Gasteiger charge is 2.17. The van der Waals surface area contributed by atoms with Gasteiger partial charge in [0.25, 0.3) is 0 Å². The minimum absolute atomic E-state index is 0.200. The van der Waals surface area contributed by atoms with Crippen LogP contribution in [0, 0.1) is 0 Å². The van der Waals surface area contributed by atoms with Crippen molar-refractivity contribution in [3.05, 3.63) is 0 Å². The van der Waals surface area contributed by atoms with Crippen LogP contribution in [0.1, 0.15) is 33.6 Å². The molecule has 0 radical (unpaired) electrons. The summed E-state index contributed by atoms with van der Waals surface area (Å²) in [5.74, 6) is -0.200. The average molecular weight is 217 g/mol. The van der Waals surface area contributed by atoms with Gasteiger partial charge in [0.2, 0.25) is 0 Å². The summed E-state index contributed by atoms with van der Waals surface area (Å²) in [6.07, 6.45) is 1.68. The number of carbonyl (C=O) groups is 1. The van der Waals surface area contributed by atoms with Crippen molar-refractivity contribution in [3.8, 4) is 0 Å². The van der Waals surface area contributed by atoms with E-state index in [0.29, 0.717) is 6.54 Å². The number of unbranched alkanes of at least 4 members (excludes halogenated alkanes) is 1. The molecule has 0 unspecified atom stereocenters. The van der Waals surface area contributed by atoms with Gasteiger partial charge in [-0.15, -0.1) is 0 Å².